The minimum absolute atomic E-state index is 0.275. The van der Waals surface area contributed by atoms with Crippen LogP contribution in [-0.4, -0.2) is 55.3 Å². The minimum atomic E-state index is -0.757. The fourth-order valence-corrected chi connectivity index (χ4v) is 4.03. The Kier molecular flexibility index (Phi) is 9.61. The summed E-state index contributed by atoms with van der Waals surface area (Å²) in [7, 11) is 1.32. The van der Waals surface area contributed by atoms with Crippen molar-refractivity contribution >= 4 is 5.97 Å². The van der Waals surface area contributed by atoms with Crippen LogP contribution >= 0.6 is 0 Å². The summed E-state index contributed by atoms with van der Waals surface area (Å²) in [5, 5.41) is 10.3. The van der Waals surface area contributed by atoms with Crippen LogP contribution in [-0.2, 0) is 48.3 Å². The van der Waals surface area contributed by atoms with Gasteiger partial charge in [-0.2, -0.15) is 0 Å². The van der Waals surface area contributed by atoms with E-state index in [-0.39, 0.29) is 26.4 Å². The van der Waals surface area contributed by atoms with Crippen molar-refractivity contribution in [1.82, 2.24) is 0 Å². The standard InChI is InChI=1S/C29H32O7/c1-32-29(31)28-27(36-28)26(35-20-23-15-9-4-10-16-23)25(34-19-22-13-7-3-8-14-22)24(17-30)33-18-21-11-5-2-6-12-21/h2-16,24-28,30H,17-20H2,1H3/t24-,25+,26-,27+,28+/m1/s1. The molecule has 7 heteroatoms. The monoisotopic (exact) mass is 492 g/mol. The molecule has 0 aromatic heterocycles. The number of methoxy groups -OCH3 is 1. The van der Waals surface area contributed by atoms with E-state index in [9.17, 15) is 9.90 Å². The molecule has 1 aliphatic heterocycles. The Hall–Kier alpha value is -3.07. The molecular formula is C29H32O7. The average molecular weight is 493 g/mol. The molecule has 190 valence electrons. The highest BCUT2D eigenvalue weighted by Gasteiger charge is 2.55. The van der Waals surface area contributed by atoms with Crippen molar-refractivity contribution in [1.29, 1.82) is 0 Å². The summed E-state index contributed by atoms with van der Waals surface area (Å²) in [6, 6.07) is 29.1. The molecule has 0 spiro atoms. The molecule has 3 aromatic carbocycles. The van der Waals surface area contributed by atoms with Crippen LogP contribution in [0.5, 0.6) is 0 Å². The maximum atomic E-state index is 12.2. The Morgan fingerprint density at radius 1 is 0.778 bits per heavy atom. The van der Waals surface area contributed by atoms with Gasteiger partial charge >= 0.3 is 5.97 Å². The fraction of sp³-hybridized carbons (Fsp3) is 0.345. The van der Waals surface area contributed by atoms with E-state index in [1.807, 2.05) is 91.0 Å². The molecule has 5 atom stereocenters. The number of benzene rings is 3. The lowest BCUT2D eigenvalue weighted by Crippen LogP contribution is -2.48. The van der Waals surface area contributed by atoms with Crippen LogP contribution in [0.4, 0.5) is 0 Å². The number of aliphatic hydroxyl groups is 1. The van der Waals surface area contributed by atoms with E-state index in [0.717, 1.165) is 16.7 Å². The molecule has 0 unspecified atom stereocenters. The van der Waals surface area contributed by atoms with E-state index in [2.05, 4.69) is 0 Å². The molecule has 36 heavy (non-hydrogen) atoms. The third-order valence-corrected chi connectivity index (χ3v) is 6.03. The molecule has 1 N–H and O–H groups in total. The highest BCUT2D eigenvalue weighted by molar-refractivity contribution is 5.78. The van der Waals surface area contributed by atoms with E-state index >= 15 is 0 Å². The Balaban J connectivity index is 1.56. The van der Waals surface area contributed by atoms with Gasteiger partial charge in [0.25, 0.3) is 0 Å². The van der Waals surface area contributed by atoms with Gasteiger partial charge in [-0.3, -0.25) is 0 Å². The van der Waals surface area contributed by atoms with Gasteiger partial charge < -0.3 is 28.8 Å². The van der Waals surface area contributed by atoms with Crippen LogP contribution in [0.2, 0.25) is 0 Å². The second kappa shape index (κ2) is 13.3. The number of esters is 1. The van der Waals surface area contributed by atoms with Gasteiger partial charge in [-0.15, -0.1) is 0 Å². The Bertz CT molecular complexity index is 1040. The summed E-state index contributed by atoms with van der Waals surface area (Å²) in [5.74, 6) is -0.471. The summed E-state index contributed by atoms with van der Waals surface area (Å²) in [6.07, 6.45) is -3.48. The van der Waals surface area contributed by atoms with Gasteiger partial charge in [0.1, 0.15) is 24.4 Å². The maximum Gasteiger partial charge on any atom is 0.337 e. The zero-order valence-corrected chi connectivity index (χ0v) is 20.3. The van der Waals surface area contributed by atoms with E-state index in [4.69, 9.17) is 23.7 Å². The molecule has 0 aliphatic carbocycles. The second-order valence-corrected chi connectivity index (χ2v) is 8.58. The lowest BCUT2D eigenvalue weighted by molar-refractivity contribution is -0.166. The van der Waals surface area contributed by atoms with Crippen LogP contribution in [0.1, 0.15) is 16.7 Å². The zero-order chi connectivity index (χ0) is 25.2. The van der Waals surface area contributed by atoms with Gasteiger partial charge in [-0.05, 0) is 16.7 Å². The number of epoxide rings is 1. The molecule has 3 aromatic rings. The van der Waals surface area contributed by atoms with Gasteiger partial charge in [0, 0.05) is 0 Å². The summed E-state index contributed by atoms with van der Waals surface area (Å²) in [5.41, 5.74) is 2.89. The number of carbonyl (C=O) groups is 1. The first-order valence-electron chi connectivity index (χ1n) is 12.0. The second-order valence-electron chi connectivity index (χ2n) is 8.58. The molecule has 0 bridgehead atoms. The van der Waals surface area contributed by atoms with Gasteiger partial charge in [0.15, 0.2) is 6.10 Å². The van der Waals surface area contributed by atoms with Crippen molar-refractivity contribution in [2.75, 3.05) is 13.7 Å². The summed E-state index contributed by atoms with van der Waals surface area (Å²) in [6.45, 7) is 0.542. The molecule has 1 fully saturated rings. The van der Waals surface area contributed by atoms with E-state index in [1.165, 1.54) is 7.11 Å². The smallest absolute Gasteiger partial charge is 0.337 e. The van der Waals surface area contributed by atoms with Crippen LogP contribution in [0, 0.1) is 0 Å². The number of hydrogen-bond acceptors (Lipinski definition) is 7. The van der Waals surface area contributed by atoms with Crippen molar-refractivity contribution < 1.29 is 33.6 Å². The van der Waals surface area contributed by atoms with Crippen LogP contribution in [0.3, 0.4) is 0 Å². The predicted octanol–water partition coefficient (Wildman–Crippen LogP) is 3.68. The molecule has 1 aliphatic rings. The lowest BCUT2D eigenvalue weighted by Gasteiger charge is -2.32. The predicted molar refractivity (Wildman–Crippen MR) is 133 cm³/mol. The van der Waals surface area contributed by atoms with E-state index in [1.54, 1.807) is 0 Å². The van der Waals surface area contributed by atoms with E-state index < -0.39 is 36.5 Å². The number of rotatable bonds is 14. The number of carbonyl (C=O) groups excluding carboxylic acids is 1. The minimum Gasteiger partial charge on any atom is -0.467 e. The molecule has 1 saturated heterocycles. The number of hydrogen-bond donors (Lipinski definition) is 1. The van der Waals surface area contributed by atoms with Crippen LogP contribution < -0.4 is 0 Å². The van der Waals surface area contributed by atoms with E-state index in [0.29, 0.717) is 0 Å². The van der Waals surface area contributed by atoms with Crippen LogP contribution in [0.25, 0.3) is 0 Å². The summed E-state index contributed by atoms with van der Waals surface area (Å²) < 4.78 is 29.4. The van der Waals surface area contributed by atoms with Gasteiger partial charge in [-0.25, -0.2) is 4.79 Å². The molecule has 0 amide bonds. The highest BCUT2D eigenvalue weighted by atomic mass is 16.7. The number of ether oxygens (including phenoxy) is 5. The zero-order valence-electron chi connectivity index (χ0n) is 20.3. The first-order chi connectivity index (χ1) is 17.7. The first-order valence-corrected chi connectivity index (χ1v) is 12.0. The Morgan fingerprint density at radius 3 is 1.72 bits per heavy atom. The first kappa shape index (κ1) is 26.0. The van der Waals surface area contributed by atoms with Crippen molar-refractivity contribution in [3.63, 3.8) is 0 Å². The third-order valence-electron chi connectivity index (χ3n) is 6.03. The van der Waals surface area contributed by atoms with Gasteiger partial charge in [0.2, 0.25) is 0 Å². The summed E-state index contributed by atoms with van der Waals surface area (Å²) >= 11 is 0. The molecule has 0 saturated carbocycles. The van der Waals surface area contributed by atoms with Crippen molar-refractivity contribution in [3.05, 3.63) is 108 Å². The van der Waals surface area contributed by atoms with Crippen molar-refractivity contribution in [2.45, 2.75) is 50.3 Å². The summed E-state index contributed by atoms with van der Waals surface area (Å²) in [4.78, 5) is 12.2. The topological polar surface area (TPSA) is 86.8 Å². The third kappa shape index (κ3) is 7.22. The molecule has 4 rings (SSSR count). The maximum absolute atomic E-state index is 12.2. The van der Waals surface area contributed by atoms with Gasteiger partial charge in [0.05, 0.1) is 33.5 Å². The largest absolute Gasteiger partial charge is 0.467 e. The fourth-order valence-electron chi connectivity index (χ4n) is 4.03. The Morgan fingerprint density at radius 2 is 1.25 bits per heavy atom. The number of aliphatic hydroxyl groups excluding tert-OH is 1. The normalized spacial score (nSPS) is 19.3. The van der Waals surface area contributed by atoms with Crippen molar-refractivity contribution in [3.8, 4) is 0 Å². The molecule has 1 heterocycles. The quantitative estimate of drug-likeness (QED) is 0.271. The lowest BCUT2D eigenvalue weighted by atomic mass is 10.0. The molecule has 7 nitrogen and oxygen atoms in total. The Labute approximate surface area is 211 Å². The van der Waals surface area contributed by atoms with Crippen molar-refractivity contribution in [2.24, 2.45) is 0 Å². The van der Waals surface area contributed by atoms with Crippen LogP contribution in [0.15, 0.2) is 91.0 Å². The molecule has 0 radical (unpaired) electrons. The van der Waals surface area contributed by atoms with Gasteiger partial charge in [-0.1, -0.05) is 91.0 Å². The SMILES string of the molecule is COC(=O)[C@H]1O[C@H]1[C@H](OCc1ccccc1)[C@@H](OCc1ccccc1)[C@@H](CO)OCc1ccccc1. The highest BCUT2D eigenvalue weighted by Crippen LogP contribution is 2.33. The average Bonchev–Trinajstić information content (AvgIpc) is 3.73. The molecular weight excluding hydrogens is 460 g/mol.